The van der Waals surface area contributed by atoms with Crippen LogP contribution in [0.5, 0.6) is 5.75 Å². The van der Waals surface area contributed by atoms with E-state index in [1.165, 1.54) is 10.6 Å². The molecule has 0 saturated carbocycles. The summed E-state index contributed by atoms with van der Waals surface area (Å²) in [6.45, 7) is 11.3. The summed E-state index contributed by atoms with van der Waals surface area (Å²) in [5.74, 6) is -1.19. The third-order valence-electron chi connectivity index (χ3n) is 5.46. The number of nitrogens with zero attached hydrogens (tertiary/aromatic N) is 1. The highest BCUT2D eigenvalue weighted by Gasteiger charge is 2.36. The number of nitrogens with one attached hydrogen (secondary N) is 1. The number of hydrogen-bond donors (Lipinski definition) is 2. The maximum atomic E-state index is 12.1. The Bertz CT molecular complexity index is 966. The SMILES string of the molecule is Cn1c(C(=O)O)cc2c(Cl)c(Cl)c(OCC(=O)NCCO[Si](C)(C)C(C)(C)C)cc21. The molecule has 0 spiro atoms. The fourth-order valence-corrected chi connectivity index (χ4v) is 4.10. The number of aryl methyl sites for hydroxylation is 1. The number of hydrogen-bond acceptors (Lipinski definition) is 4. The number of benzene rings is 1. The maximum Gasteiger partial charge on any atom is 0.352 e. The highest BCUT2D eigenvalue weighted by atomic mass is 35.5. The number of carbonyl (C=O) groups is 2. The lowest BCUT2D eigenvalue weighted by molar-refractivity contribution is -0.123. The topological polar surface area (TPSA) is 89.8 Å². The number of aromatic nitrogens is 1. The van der Waals surface area contributed by atoms with Gasteiger partial charge in [0.05, 0.1) is 17.1 Å². The molecule has 0 aliphatic carbocycles. The normalized spacial score (nSPS) is 12.3. The Morgan fingerprint density at radius 1 is 1.20 bits per heavy atom. The molecule has 2 aromatic rings. The molecule has 166 valence electrons. The van der Waals surface area contributed by atoms with E-state index in [1.807, 2.05) is 0 Å². The van der Waals surface area contributed by atoms with E-state index in [0.29, 0.717) is 24.1 Å². The highest BCUT2D eigenvalue weighted by molar-refractivity contribution is 6.74. The van der Waals surface area contributed by atoms with Crippen molar-refractivity contribution in [3.05, 3.63) is 27.9 Å². The molecule has 10 heteroatoms. The minimum atomic E-state index is -1.86. The lowest BCUT2D eigenvalue weighted by Crippen LogP contribution is -2.43. The molecule has 0 radical (unpaired) electrons. The number of carboxylic acids is 1. The lowest BCUT2D eigenvalue weighted by atomic mass is 10.2. The van der Waals surface area contributed by atoms with Crippen LogP contribution in [0.25, 0.3) is 10.9 Å². The molecule has 0 unspecified atom stereocenters. The van der Waals surface area contributed by atoms with Gasteiger partial charge >= 0.3 is 5.97 Å². The third kappa shape index (κ3) is 5.29. The second-order valence-electron chi connectivity index (χ2n) is 8.58. The van der Waals surface area contributed by atoms with Crippen LogP contribution in [-0.4, -0.2) is 49.6 Å². The minimum absolute atomic E-state index is 0.0691. The van der Waals surface area contributed by atoms with E-state index in [9.17, 15) is 14.7 Å². The average Bonchev–Trinajstić information content (AvgIpc) is 2.96. The molecule has 0 aliphatic rings. The molecule has 2 N–H and O–H groups in total. The van der Waals surface area contributed by atoms with Gasteiger partial charge in [0.1, 0.15) is 16.5 Å². The van der Waals surface area contributed by atoms with Gasteiger partial charge in [0.15, 0.2) is 14.9 Å². The van der Waals surface area contributed by atoms with Gasteiger partial charge in [0, 0.05) is 25.0 Å². The van der Waals surface area contributed by atoms with Crippen LogP contribution in [0.4, 0.5) is 0 Å². The Balaban J connectivity index is 1.99. The van der Waals surface area contributed by atoms with E-state index in [0.717, 1.165) is 0 Å². The molecule has 1 aromatic carbocycles. The molecule has 0 atom stereocenters. The van der Waals surface area contributed by atoms with Crippen LogP contribution < -0.4 is 10.1 Å². The van der Waals surface area contributed by atoms with Gasteiger partial charge in [-0.25, -0.2) is 4.79 Å². The lowest BCUT2D eigenvalue weighted by Gasteiger charge is -2.36. The van der Waals surface area contributed by atoms with Gasteiger partial charge in [-0.1, -0.05) is 44.0 Å². The summed E-state index contributed by atoms with van der Waals surface area (Å²) in [7, 11) is -0.252. The van der Waals surface area contributed by atoms with Crippen LogP contribution in [0.2, 0.25) is 28.2 Å². The van der Waals surface area contributed by atoms with Crippen molar-refractivity contribution < 1.29 is 23.9 Å². The molecule has 1 heterocycles. The van der Waals surface area contributed by atoms with Gasteiger partial charge in [0.2, 0.25) is 0 Å². The fourth-order valence-electron chi connectivity index (χ4n) is 2.60. The van der Waals surface area contributed by atoms with E-state index in [2.05, 4.69) is 39.2 Å². The number of carbonyl (C=O) groups excluding carboxylic acids is 1. The van der Waals surface area contributed by atoms with Crippen molar-refractivity contribution >= 4 is 54.3 Å². The van der Waals surface area contributed by atoms with E-state index in [4.69, 9.17) is 32.4 Å². The zero-order valence-corrected chi connectivity index (χ0v) is 20.6. The van der Waals surface area contributed by atoms with Crippen LogP contribution in [-0.2, 0) is 16.3 Å². The Labute approximate surface area is 187 Å². The Morgan fingerprint density at radius 3 is 2.40 bits per heavy atom. The molecular formula is C20H28Cl2N2O5Si. The predicted octanol–water partition coefficient (Wildman–Crippen LogP) is 4.70. The van der Waals surface area contributed by atoms with E-state index < -0.39 is 14.3 Å². The standard InChI is InChI=1S/C20H28Cl2N2O5Si/c1-20(2,3)30(5,6)29-8-7-23-16(25)11-28-15-10-13-12(17(21)18(15)22)9-14(19(26)27)24(13)4/h9-10H,7-8,11H2,1-6H3,(H,23,25)(H,26,27). The highest BCUT2D eigenvalue weighted by Crippen LogP contribution is 2.40. The first kappa shape index (κ1) is 24.5. The number of fused-ring (bicyclic) bond motifs is 1. The zero-order chi connectivity index (χ0) is 22.9. The summed E-state index contributed by atoms with van der Waals surface area (Å²) in [4.78, 5) is 23.5. The van der Waals surface area contributed by atoms with Crippen molar-refractivity contribution in [1.82, 2.24) is 9.88 Å². The monoisotopic (exact) mass is 474 g/mol. The molecule has 0 saturated heterocycles. The average molecular weight is 475 g/mol. The van der Waals surface area contributed by atoms with Crippen molar-refractivity contribution in [3.63, 3.8) is 0 Å². The summed E-state index contributed by atoms with van der Waals surface area (Å²) in [6.07, 6.45) is 0. The third-order valence-corrected chi connectivity index (χ3v) is 10.9. The largest absolute Gasteiger partial charge is 0.482 e. The number of carboxylic acid groups (broad SMARTS) is 1. The summed E-state index contributed by atoms with van der Waals surface area (Å²) >= 11 is 12.5. The zero-order valence-electron chi connectivity index (χ0n) is 18.1. The Kier molecular flexibility index (Phi) is 7.50. The van der Waals surface area contributed by atoms with E-state index in [-0.39, 0.29) is 39.0 Å². The van der Waals surface area contributed by atoms with Gasteiger partial charge in [-0.2, -0.15) is 0 Å². The first-order valence-corrected chi connectivity index (χ1v) is 13.2. The quantitative estimate of drug-likeness (QED) is 0.427. The number of amides is 1. The van der Waals surface area contributed by atoms with Gasteiger partial charge in [-0.05, 0) is 24.2 Å². The molecular weight excluding hydrogens is 447 g/mol. The molecule has 0 fully saturated rings. The maximum absolute atomic E-state index is 12.1. The van der Waals surface area contributed by atoms with Crippen LogP contribution in [0.1, 0.15) is 31.3 Å². The molecule has 7 nitrogen and oxygen atoms in total. The van der Waals surface area contributed by atoms with Crippen molar-refractivity contribution in [3.8, 4) is 5.75 Å². The Hall–Kier alpha value is -1.74. The molecule has 1 amide bonds. The minimum Gasteiger partial charge on any atom is -0.482 e. The number of rotatable bonds is 8. The van der Waals surface area contributed by atoms with E-state index >= 15 is 0 Å². The van der Waals surface area contributed by atoms with Crippen LogP contribution >= 0.6 is 23.2 Å². The first-order valence-electron chi connectivity index (χ1n) is 9.50. The molecule has 0 aliphatic heterocycles. The number of aromatic carboxylic acids is 1. The van der Waals surface area contributed by atoms with Crippen molar-refractivity contribution in [2.75, 3.05) is 19.8 Å². The van der Waals surface area contributed by atoms with Gasteiger partial charge < -0.3 is 24.2 Å². The molecule has 30 heavy (non-hydrogen) atoms. The molecule has 2 rings (SSSR count). The van der Waals surface area contributed by atoms with Crippen LogP contribution in [0.15, 0.2) is 12.1 Å². The summed E-state index contributed by atoms with van der Waals surface area (Å²) in [5.41, 5.74) is 0.611. The van der Waals surface area contributed by atoms with Crippen LogP contribution in [0, 0.1) is 0 Å². The Morgan fingerprint density at radius 2 is 1.83 bits per heavy atom. The number of ether oxygens (including phenoxy) is 1. The van der Waals surface area contributed by atoms with E-state index in [1.54, 1.807) is 13.1 Å². The van der Waals surface area contributed by atoms with Gasteiger partial charge in [-0.15, -0.1) is 0 Å². The first-order chi connectivity index (χ1) is 13.8. The molecule has 0 bridgehead atoms. The smallest absolute Gasteiger partial charge is 0.352 e. The van der Waals surface area contributed by atoms with Gasteiger partial charge in [-0.3, -0.25) is 4.79 Å². The predicted molar refractivity (Wildman–Crippen MR) is 122 cm³/mol. The van der Waals surface area contributed by atoms with Crippen molar-refractivity contribution in [2.24, 2.45) is 7.05 Å². The second kappa shape index (κ2) is 9.17. The van der Waals surface area contributed by atoms with Crippen LogP contribution in [0.3, 0.4) is 0 Å². The summed E-state index contributed by atoms with van der Waals surface area (Å²) in [6, 6.07) is 3.02. The fraction of sp³-hybridized carbons (Fsp3) is 0.500. The second-order valence-corrected chi connectivity index (χ2v) is 14.1. The van der Waals surface area contributed by atoms with Gasteiger partial charge in [0.25, 0.3) is 5.91 Å². The number of halogens is 2. The van der Waals surface area contributed by atoms with Crippen molar-refractivity contribution in [1.29, 1.82) is 0 Å². The molecule has 1 aromatic heterocycles. The summed E-state index contributed by atoms with van der Waals surface area (Å²) in [5, 5.41) is 12.9. The summed E-state index contributed by atoms with van der Waals surface area (Å²) < 4.78 is 13.0. The van der Waals surface area contributed by atoms with Crippen molar-refractivity contribution in [2.45, 2.75) is 38.9 Å².